The molecule has 0 aliphatic heterocycles. The van der Waals surface area contributed by atoms with Crippen LogP contribution in [0.2, 0.25) is 0 Å². The third-order valence-electron chi connectivity index (χ3n) is 1.89. The lowest BCUT2D eigenvalue weighted by Crippen LogP contribution is -1.86. The number of allylic oxidation sites excluding steroid dienone is 2. The quantitative estimate of drug-likeness (QED) is 0.664. The van der Waals surface area contributed by atoms with Gasteiger partial charge in [-0.25, -0.2) is 0 Å². The molecule has 14 heavy (non-hydrogen) atoms. The molecule has 0 aliphatic carbocycles. The van der Waals surface area contributed by atoms with Crippen molar-refractivity contribution in [1.29, 1.82) is 5.26 Å². The summed E-state index contributed by atoms with van der Waals surface area (Å²) in [6.07, 6.45) is 1.58. The largest absolute Gasteiger partial charge is 0.295 e. The minimum atomic E-state index is 0.0341. The predicted octanol–water partition coefficient (Wildman–Crippen LogP) is 2.55. The Morgan fingerprint density at radius 1 is 1.29 bits per heavy atom. The van der Waals surface area contributed by atoms with Crippen LogP contribution in [-0.2, 0) is 4.79 Å². The maximum Gasteiger partial charge on any atom is 0.152 e. The third kappa shape index (κ3) is 2.56. The lowest BCUT2D eigenvalue weighted by molar-refractivity contribution is -0.112. The van der Waals surface area contributed by atoms with E-state index >= 15 is 0 Å². The first-order valence-corrected chi connectivity index (χ1v) is 4.33. The van der Waals surface area contributed by atoms with Gasteiger partial charge in [-0.15, -0.1) is 0 Å². The topological polar surface area (TPSA) is 40.9 Å². The van der Waals surface area contributed by atoms with E-state index in [-0.39, 0.29) is 5.78 Å². The van der Waals surface area contributed by atoms with E-state index in [0.29, 0.717) is 5.56 Å². The normalized spacial score (nSPS) is 10.8. The number of carbonyl (C=O) groups excluding carboxylic acids is 1. The van der Waals surface area contributed by atoms with Gasteiger partial charge in [0.25, 0.3) is 0 Å². The monoisotopic (exact) mass is 185 g/mol. The predicted molar refractivity (Wildman–Crippen MR) is 55.5 cm³/mol. The number of carbonyl (C=O) groups is 1. The lowest BCUT2D eigenvalue weighted by atomic mass is 10.0. The number of hydrogen-bond donors (Lipinski definition) is 0. The van der Waals surface area contributed by atoms with Crippen LogP contribution in [0.1, 0.15) is 25.0 Å². The molecule has 2 nitrogen and oxygen atoms in total. The van der Waals surface area contributed by atoms with Crippen molar-refractivity contribution < 1.29 is 4.79 Å². The molecule has 0 aliphatic rings. The first-order chi connectivity index (χ1) is 6.63. The highest BCUT2D eigenvalue weighted by molar-refractivity contribution is 5.94. The lowest BCUT2D eigenvalue weighted by Gasteiger charge is -1.99. The zero-order chi connectivity index (χ0) is 10.6. The van der Waals surface area contributed by atoms with E-state index in [1.807, 2.05) is 25.1 Å². The van der Waals surface area contributed by atoms with Crippen LogP contribution in [0.3, 0.4) is 0 Å². The fourth-order valence-corrected chi connectivity index (χ4v) is 1.20. The summed E-state index contributed by atoms with van der Waals surface area (Å²) in [5.41, 5.74) is 2.52. The molecule has 0 atom stereocenters. The smallest absolute Gasteiger partial charge is 0.152 e. The minimum absolute atomic E-state index is 0.0341. The van der Waals surface area contributed by atoms with Crippen LogP contribution >= 0.6 is 0 Å². The van der Waals surface area contributed by atoms with Crippen molar-refractivity contribution in [2.24, 2.45) is 0 Å². The fraction of sp³-hybridized carbons (Fsp3) is 0.167. The second kappa shape index (κ2) is 4.38. The van der Waals surface area contributed by atoms with E-state index in [1.165, 1.54) is 6.92 Å². The van der Waals surface area contributed by atoms with Crippen molar-refractivity contribution in [3.8, 4) is 6.07 Å². The van der Waals surface area contributed by atoms with Crippen molar-refractivity contribution in [2.75, 3.05) is 0 Å². The van der Waals surface area contributed by atoms with Crippen LogP contribution in [0.5, 0.6) is 0 Å². The Morgan fingerprint density at radius 2 is 1.86 bits per heavy atom. The molecule has 0 bridgehead atoms. The Morgan fingerprint density at radius 3 is 2.29 bits per heavy atom. The highest BCUT2D eigenvalue weighted by Crippen LogP contribution is 2.14. The van der Waals surface area contributed by atoms with Crippen LogP contribution in [0.25, 0.3) is 5.57 Å². The van der Waals surface area contributed by atoms with Crippen molar-refractivity contribution in [3.63, 3.8) is 0 Å². The van der Waals surface area contributed by atoms with Gasteiger partial charge in [-0.1, -0.05) is 12.1 Å². The van der Waals surface area contributed by atoms with Crippen LogP contribution in [-0.4, -0.2) is 5.78 Å². The van der Waals surface area contributed by atoms with Crippen molar-refractivity contribution in [1.82, 2.24) is 0 Å². The Bertz CT molecular complexity index is 407. The average molecular weight is 185 g/mol. The van der Waals surface area contributed by atoms with Gasteiger partial charge in [0.05, 0.1) is 11.6 Å². The molecule has 0 saturated heterocycles. The molecule has 1 rings (SSSR count). The number of nitrogens with zero attached hydrogens (tertiary/aromatic N) is 1. The number of ketones is 1. The summed E-state index contributed by atoms with van der Waals surface area (Å²) in [4.78, 5) is 10.8. The van der Waals surface area contributed by atoms with E-state index in [0.717, 1.165) is 11.1 Å². The van der Waals surface area contributed by atoms with E-state index < -0.39 is 0 Å². The van der Waals surface area contributed by atoms with Crippen LogP contribution < -0.4 is 0 Å². The van der Waals surface area contributed by atoms with E-state index in [2.05, 4.69) is 0 Å². The molecule has 0 saturated carbocycles. The third-order valence-corrected chi connectivity index (χ3v) is 1.89. The summed E-state index contributed by atoms with van der Waals surface area (Å²) in [6.45, 7) is 3.40. The highest BCUT2D eigenvalue weighted by atomic mass is 16.1. The highest BCUT2D eigenvalue weighted by Gasteiger charge is 1.97. The van der Waals surface area contributed by atoms with Crippen molar-refractivity contribution in [2.45, 2.75) is 13.8 Å². The molecule has 0 unspecified atom stereocenters. The van der Waals surface area contributed by atoms with E-state index in [9.17, 15) is 4.79 Å². The second-order valence-corrected chi connectivity index (χ2v) is 3.13. The molecular formula is C12H11NO. The number of hydrogen-bond acceptors (Lipinski definition) is 2. The molecule has 0 amide bonds. The van der Waals surface area contributed by atoms with Crippen molar-refractivity contribution in [3.05, 3.63) is 41.5 Å². The molecule has 0 radical (unpaired) electrons. The minimum Gasteiger partial charge on any atom is -0.295 e. The summed E-state index contributed by atoms with van der Waals surface area (Å²) in [5, 5.41) is 8.59. The summed E-state index contributed by atoms with van der Waals surface area (Å²) < 4.78 is 0. The van der Waals surface area contributed by atoms with Crippen molar-refractivity contribution >= 4 is 11.4 Å². The Kier molecular flexibility index (Phi) is 3.19. The molecule has 0 heterocycles. The van der Waals surface area contributed by atoms with E-state index in [4.69, 9.17) is 5.26 Å². The number of rotatable bonds is 2. The SMILES string of the molecule is CC(=O)/C=C(\C)c1ccc(C#N)cc1. The van der Waals surface area contributed by atoms with Gasteiger partial charge in [0, 0.05) is 0 Å². The Labute approximate surface area is 83.5 Å². The van der Waals surface area contributed by atoms with Gasteiger partial charge in [0.1, 0.15) is 0 Å². The van der Waals surface area contributed by atoms with E-state index in [1.54, 1.807) is 18.2 Å². The molecular weight excluding hydrogens is 174 g/mol. The summed E-state index contributed by atoms with van der Waals surface area (Å²) in [6, 6.07) is 9.21. The van der Waals surface area contributed by atoms with Crippen LogP contribution in [0, 0.1) is 11.3 Å². The molecule has 1 aromatic carbocycles. The zero-order valence-electron chi connectivity index (χ0n) is 8.24. The van der Waals surface area contributed by atoms with Crippen LogP contribution in [0.15, 0.2) is 30.3 Å². The molecule has 1 aromatic rings. The Balaban J connectivity index is 2.99. The van der Waals surface area contributed by atoms with Gasteiger partial charge >= 0.3 is 0 Å². The maximum absolute atomic E-state index is 10.8. The van der Waals surface area contributed by atoms with Gasteiger partial charge < -0.3 is 0 Å². The van der Waals surface area contributed by atoms with Gasteiger partial charge in [-0.2, -0.15) is 5.26 Å². The van der Waals surface area contributed by atoms with Gasteiger partial charge in [0.2, 0.25) is 0 Å². The first-order valence-electron chi connectivity index (χ1n) is 4.33. The van der Waals surface area contributed by atoms with Crippen LogP contribution in [0.4, 0.5) is 0 Å². The maximum atomic E-state index is 10.8. The summed E-state index contributed by atoms with van der Waals surface area (Å²) in [7, 11) is 0. The average Bonchev–Trinajstić information content (AvgIpc) is 2.17. The molecule has 0 N–H and O–H groups in total. The van der Waals surface area contributed by atoms with Gasteiger partial charge in [-0.05, 0) is 43.2 Å². The number of nitriles is 1. The van der Waals surface area contributed by atoms with Gasteiger partial charge in [0.15, 0.2) is 5.78 Å². The van der Waals surface area contributed by atoms with Gasteiger partial charge in [-0.3, -0.25) is 4.79 Å². The summed E-state index contributed by atoms with van der Waals surface area (Å²) in [5.74, 6) is 0.0341. The first kappa shape index (κ1) is 10.2. The molecule has 0 fully saturated rings. The second-order valence-electron chi connectivity index (χ2n) is 3.13. The molecule has 0 spiro atoms. The fourth-order valence-electron chi connectivity index (χ4n) is 1.20. The molecule has 0 aromatic heterocycles. The molecule has 70 valence electrons. The standard InChI is InChI=1S/C12H11NO/c1-9(7-10(2)14)12-5-3-11(8-13)4-6-12/h3-7H,1-2H3/b9-7+. The number of benzene rings is 1. The summed E-state index contributed by atoms with van der Waals surface area (Å²) >= 11 is 0. The Hall–Kier alpha value is -1.88. The zero-order valence-corrected chi connectivity index (χ0v) is 8.24. The molecule has 2 heteroatoms.